The summed E-state index contributed by atoms with van der Waals surface area (Å²) < 4.78 is 2.13. The molecule has 0 saturated heterocycles. The number of hydrogen-bond donors (Lipinski definition) is 0. The minimum Gasteiger partial charge on any atom is -0.322 e. The molecule has 5 heteroatoms. The van der Waals surface area contributed by atoms with Crippen molar-refractivity contribution in [2.24, 2.45) is 0 Å². The number of imidazole rings is 1. The number of nitrogens with zero attached hydrogens (tertiary/aromatic N) is 3. The van der Waals surface area contributed by atoms with E-state index in [9.17, 15) is 0 Å². The normalized spacial score (nSPS) is 12.8. The lowest BCUT2D eigenvalue weighted by atomic mass is 10.1. The molecule has 1 atom stereocenters. The van der Waals surface area contributed by atoms with Crippen molar-refractivity contribution in [1.29, 1.82) is 0 Å². The molecule has 0 spiro atoms. The molecule has 0 bridgehead atoms. The molecule has 0 aliphatic rings. The Balaban J connectivity index is 2.17. The first-order chi connectivity index (χ1) is 10.1. The lowest BCUT2D eigenvalue weighted by Crippen LogP contribution is -2.07. The van der Waals surface area contributed by atoms with E-state index in [0.717, 1.165) is 22.4 Å². The van der Waals surface area contributed by atoms with Crippen molar-refractivity contribution in [3.63, 3.8) is 0 Å². The fraction of sp³-hybridized carbons (Fsp3) is 0.250. The molecular weight excluding hydrogens is 305 g/mol. The van der Waals surface area contributed by atoms with Gasteiger partial charge in [-0.25, -0.2) is 4.98 Å². The Kier molecular flexibility index (Phi) is 3.87. The van der Waals surface area contributed by atoms with Gasteiger partial charge in [0.2, 0.25) is 0 Å². The maximum atomic E-state index is 6.30. The van der Waals surface area contributed by atoms with E-state index in [0.29, 0.717) is 11.6 Å². The Hall–Kier alpha value is -1.58. The van der Waals surface area contributed by atoms with Gasteiger partial charge < -0.3 is 4.57 Å². The number of aromatic nitrogens is 3. The van der Waals surface area contributed by atoms with Crippen LogP contribution < -0.4 is 0 Å². The zero-order valence-corrected chi connectivity index (χ0v) is 13.4. The van der Waals surface area contributed by atoms with E-state index in [1.54, 1.807) is 6.20 Å². The molecule has 0 saturated carbocycles. The van der Waals surface area contributed by atoms with Crippen LogP contribution in [0.5, 0.6) is 0 Å². The van der Waals surface area contributed by atoms with Crippen LogP contribution >= 0.6 is 23.2 Å². The average Bonchev–Trinajstić information content (AvgIpc) is 2.80. The van der Waals surface area contributed by atoms with Gasteiger partial charge in [-0.05, 0) is 49.2 Å². The summed E-state index contributed by atoms with van der Waals surface area (Å²) in [7, 11) is 0. The lowest BCUT2D eigenvalue weighted by Gasteiger charge is -2.12. The smallest absolute Gasteiger partial charge is 0.128 e. The number of aryl methyl sites for hydroxylation is 1. The Bertz CT molecular complexity index is 793. The number of fused-ring (bicyclic) bond motifs is 1. The van der Waals surface area contributed by atoms with E-state index in [1.165, 1.54) is 5.56 Å². The van der Waals surface area contributed by atoms with Crippen LogP contribution in [0.25, 0.3) is 11.0 Å². The predicted octanol–water partition coefficient (Wildman–Crippen LogP) is 4.74. The van der Waals surface area contributed by atoms with Crippen LogP contribution in [-0.2, 0) is 6.54 Å². The highest BCUT2D eigenvalue weighted by Crippen LogP contribution is 2.27. The zero-order valence-electron chi connectivity index (χ0n) is 11.8. The third-order valence-electron chi connectivity index (χ3n) is 3.56. The van der Waals surface area contributed by atoms with E-state index < -0.39 is 0 Å². The quantitative estimate of drug-likeness (QED) is 0.653. The second kappa shape index (κ2) is 5.66. The third-order valence-corrected chi connectivity index (χ3v) is 3.99. The Morgan fingerprint density at radius 1 is 1.29 bits per heavy atom. The van der Waals surface area contributed by atoms with Crippen molar-refractivity contribution in [3.05, 3.63) is 58.6 Å². The minimum atomic E-state index is -0.168. The largest absolute Gasteiger partial charge is 0.322 e. The van der Waals surface area contributed by atoms with Gasteiger partial charge >= 0.3 is 0 Å². The van der Waals surface area contributed by atoms with Crippen molar-refractivity contribution in [2.75, 3.05) is 0 Å². The van der Waals surface area contributed by atoms with Crippen LogP contribution in [0.15, 0.2) is 36.7 Å². The summed E-state index contributed by atoms with van der Waals surface area (Å²) in [6, 6.07) is 7.73. The van der Waals surface area contributed by atoms with Crippen LogP contribution in [0.2, 0.25) is 5.02 Å². The van der Waals surface area contributed by atoms with E-state index in [1.807, 2.05) is 37.4 Å². The van der Waals surface area contributed by atoms with Gasteiger partial charge in [-0.3, -0.25) is 4.98 Å². The first-order valence-electron chi connectivity index (χ1n) is 6.75. The number of halogens is 2. The van der Waals surface area contributed by atoms with E-state index >= 15 is 0 Å². The highest BCUT2D eigenvalue weighted by atomic mass is 35.5. The molecule has 0 N–H and O–H groups in total. The van der Waals surface area contributed by atoms with E-state index in [2.05, 4.69) is 21.5 Å². The molecule has 0 fully saturated rings. The summed E-state index contributed by atoms with van der Waals surface area (Å²) in [4.78, 5) is 8.77. The van der Waals surface area contributed by atoms with Crippen molar-refractivity contribution in [3.8, 4) is 0 Å². The fourth-order valence-electron chi connectivity index (χ4n) is 2.43. The average molecular weight is 320 g/mol. The molecule has 3 rings (SSSR count). The van der Waals surface area contributed by atoms with Gasteiger partial charge in [0.05, 0.1) is 16.4 Å². The zero-order chi connectivity index (χ0) is 15.0. The van der Waals surface area contributed by atoms with Gasteiger partial charge in [-0.15, -0.1) is 11.6 Å². The highest BCUT2D eigenvalue weighted by Gasteiger charge is 2.16. The molecule has 3 nitrogen and oxygen atoms in total. The van der Waals surface area contributed by atoms with Crippen molar-refractivity contribution >= 4 is 34.2 Å². The van der Waals surface area contributed by atoms with Gasteiger partial charge in [0, 0.05) is 24.0 Å². The van der Waals surface area contributed by atoms with Gasteiger partial charge in [0.1, 0.15) is 5.82 Å². The van der Waals surface area contributed by atoms with E-state index in [4.69, 9.17) is 23.2 Å². The summed E-state index contributed by atoms with van der Waals surface area (Å²) in [5.41, 5.74) is 4.26. The number of pyridine rings is 1. The molecule has 1 unspecified atom stereocenters. The second-order valence-corrected chi connectivity index (χ2v) is 6.20. The molecule has 2 aromatic heterocycles. The van der Waals surface area contributed by atoms with Crippen LogP contribution in [0.4, 0.5) is 0 Å². The summed E-state index contributed by atoms with van der Waals surface area (Å²) in [6.45, 7) is 4.69. The Morgan fingerprint density at radius 3 is 2.81 bits per heavy atom. The van der Waals surface area contributed by atoms with Crippen molar-refractivity contribution in [1.82, 2.24) is 14.5 Å². The van der Waals surface area contributed by atoms with Crippen LogP contribution in [0.1, 0.15) is 29.3 Å². The standard InChI is InChI=1S/C16H15Cl2N3/c1-10-8-19-6-5-12(10)9-21-15-7-13(18)3-4-14(15)20-16(21)11(2)17/h3-8,11H,9H2,1-2H3. The van der Waals surface area contributed by atoms with Crippen LogP contribution in [-0.4, -0.2) is 14.5 Å². The number of alkyl halides is 1. The molecule has 2 heterocycles. The van der Waals surface area contributed by atoms with Crippen molar-refractivity contribution < 1.29 is 0 Å². The Morgan fingerprint density at radius 2 is 2.10 bits per heavy atom. The van der Waals surface area contributed by atoms with Crippen LogP contribution in [0, 0.1) is 6.92 Å². The van der Waals surface area contributed by atoms with Gasteiger partial charge in [0.15, 0.2) is 0 Å². The summed E-state index contributed by atoms with van der Waals surface area (Å²) in [6.07, 6.45) is 3.67. The second-order valence-electron chi connectivity index (χ2n) is 5.11. The summed E-state index contributed by atoms with van der Waals surface area (Å²) >= 11 is 12.4. The lowest BCUT2D eigenvalue weighted by molar-refractivity contribution is 0.738. The van der Waals surface area contributed by atoms with Crippen LogP contribution in [0.3, 0.4) is 0 Å². The minimum absolute atomic E-state index is 0.168. The first-order valence-corrected chi connectivity index (χ1v) is 7.57. The maximum Gasteiger partial charge on any atom is 0.128 e. The molecular formula is C16H15Cl2N3. The SMILES string of the molecule is Cc1cnccc1Cn1c(C(C)Cl)nc2ccc(Cl)cc21. The van der Waals surface area contributed by atoms with E-state index in [-0.39, 0.29) is 5.38 Å². The van der Waals surface area contributed by atoms with Gasteiger partial charge in [-0.1, -0.05) is 11.6 Å². The first kappa shape index (κ1) is 14.4. The van der Waals surface area contributed by atoms with Gasteiger partial charge in [0.25, 0.3) is 0 Å². The fourth-order valence-corrected chi connectivity index (χ4v) is 2.77. The van der Waals surface area contributed by atoms with Crippen molar-refractivity contribution in [2.45, 2.75) is 25.8 Å². The third kappa shape index (κ3) is 2.76. The van der Waals surface area contributed by atoms with Gasteiger partial charge in [-0.2, -0.15) is 0 Å². The summed E-state index contributed by atoms with van der Waals surface area (Å²) in [5.74, 6) is 0.852. The number of hydrogen-bond acceptors (Lipinski definition) is 2. The monoisotopic (exact) mass is 319 g/mol. The predicted molar refractivity (Wildman–Crippen MR) is 87.1 cm³/mol. The highest BCUT2D eigenvalue weighted by molar-refractivity contribution is 6.31. The molecule has 0 amide bonds. The molecule has 108 valence electrons. The topological polar surface area (TPSA) is 30.7 Å². The molecule has 0 aliphatic heterocycles. The molecule has 1 aromatic carbocycles. The molecule has 0 radical (unpaired) electrons. The number of benzene rings is 1. The molecule has 0 aliphatic carbocycles. The molecule has 3 aromatic rings. The molecule has 21 heavy (non-hydrogen) atoms. The Labute approximate surface area is 133 Å². The number of rotatable bonds is 3. The summed E-state index contributed by atoms with van der Waals surface area (Å²) in [5, 5.41) is 0.530. The maximum absolute atomic E-state index is 6.30.